The second-order valence-corrected chi connectivity index (χ2v) is 10.2. The van der Waals surface area contributed by atoms with E-state index in [0.29, 0.717) is 0 Å². The first-order valence-electron chi connectivity index (χ1n) is 5.10. The van der Waals surface area contributed by atoms with Gasteiger partial charge in [0.15, 0.2) is 20.7 Å². The van der Waals surface area contributed by atoms with Crippen LogP contribution in [0.4, 0.5) is 0 Å². The standard InChI is InChI=1S/C10H19NO3Si/c1-10(2,3)15(4,5)14-9-8(13-9)7(12)6-11/h7-9,12H,1-5H3/t7?,8-,9-/m1/s1. The van der Waals surface area contributed by atoms with E-state index in [2.05, 4.69) is 33.9 Å². The monoisotopic (exact) mass is 229 g/mol. The van der Waals surface area contributed by atoms with Gasteiger partial charge in [-0.2, -0.15) is 5.26 Å². The molecule has 3 atom stereocenters. The zero-order valence-corrected chi connectivity index (χ0v) is 10.9. The first kappa shape index (κ1) is 12.7. The fourth-order valence-electron chi connectivity index (χ4n) is 0.968. The van der Waals surface area contributed by atoms with Crippen LogP contribution >= 0.6 is 0 Å². The predicted molar refractivity (Wildman–Crippen MR) is 58.6 cm³/mol. The molecule has 1 N–H and O–H groups in total. The largest absolute Gasteiger partial charge is 0.390 e. The average Bonchev–Trinajstić information content (AvgIpc) is 2.79. The third-order valence-corrected chi connectivity index (χ3v) is 7.58. The molecule has 0 aromatic rings. The lowest BCUT2D eigenvalue weighted by Gasteiger charge is -2.35. The van der Waals surface area contributed by atoms with Crippen molar-refractivity contribution in [3.63, 3.8) is 0 Å². The molecular formula is C10H19NO3Si. The maximum Gasteiger partial charge on any atom is 0.195 e. The molecule has 1 aliphatic heterocycles. The maximum atomic E-state index is 9.22. The Balaban J connectivity index is 2.50. The van der Waals surface area contributed by atoms with Gasteiger partial charge in [0.1, 0.15) is 6.10 Å². The molecule has 0 saturated carbocycles. The lowest BCUT2D eigenvalue weighted by molar-refractivity contribution is 0.157. The highest BCUT2D eigenvalue weighted by atomic mass is 28.4. The Labute approximate surface area is 91.9 Å². The van der Waals surface area contributed by atoms with E-state index < -0.39 is 20.5 Å². The van der Waals surface area contributed by atoms with Gasteiger partial charge in [0, 0.05) is 0 Å². The van der Waals surface area contributed by atoms with Gasteiger partial charge in [0.05, 0.1) is 6.07 Å². The number of nitriles is 1. The van der Waals surface area contributed by atoms with E-state index in [0.717, 1.165) is 0 Å². The third-order valence-electron chi connectivity index (χ3n) is 3.14. The average molecular weight is 229 g/mol. The first-order valence-corrected chi connectivity index (χ1v) is 8.01. The van der Waals surface area contributed by atoms with Gasteiger partial charge < -0.3 is 14.3 Å². The molecule has 5 heteroatoms. The molecule has 1 fully saturated rings. The Kier molecular flexibility index (Phi) is 3.26. The van der Waals surface area contributed by atoms with Crippen molar-refractivity contribution in [2.45, 2.75) is 57.4 Å². The highest BCUT2D eigenvalue weighted by Crippen LogP contribution is 2.41. The number of hydrogen-bond donors (Lipinski definition) is 1. The molecule has 4 nitrogen and oxygen atoms in total. The second-order valence-electron chi connectivity index (χ2n) is 5.42. The fraction of sp³-hybridized carbons (Fsp3) is 0.900. The minimum Gasteiger partial charge on any atom is -0.390 e. The number of hydrogen-bond acceptors (Lipinski definition) is 4. The molecule has 1 saturated heterocycles. The van der Waals surface area contributed by atoms with Crippen molar-refractivity contribution in [2.75, 3.05) is 0 Å². The van der Waals surface area contributed by atoms with Crippen molar-refractivity contribution < 1.29 is 14.3 Å². The highest BCUT2D eigenvalue weighted by molar-refractivity contribution is 6.74. The molecule has 1 aliphatic rings. The van der Waals surface area contributed by atoms with Crippen molar-refractivity contribution in [2.24, 2.45) is 0 Å². The van der Waals surface area contributed by atoms with E-state index in [9.17, 15) is 5.11 Å². The van der Waals surface area contributed by atoms with Crippen molar-refractivity contribution in [3.8, 4) is 6.07 Å². The van der Waals surface area contributed by atoms with Crippen molar-refractivity contribution in [1.82, 2.24) is 0 Å². The zero-order chi connectivity index (χ0) is 11.9. The van der Waals surface area contributed by atoms with Crippen LogP contribution in [-0.4, -0.2) is 31.9 Å². The molecule has 15 heavy (non-hydrogen) atoms. The van der Waals surface area contributed by atoms with E-state index in [4.69, 9.17) is 14.4 Å². The van der Waals surface area contributed by atoms with Gasteiger partial charge in [0.2, 0.25) is 0 Å². The van der Waals surface area contributed by atoms with Gasteiger partial charge in [-0.25, -0.2) is 0 Å². The molecule has 1 rings (SSSR count). The second kappa shape index (κ2) is 3.87. The number of epoxide rings is 1. The summed E-state index contributed by atoms with van der Waals surface area (Å²) in [6, 6.07) is 1.75. The van der Waals surface area contributed by atoms with Crippen LogP contribution in [0.5, 0.6) is 0 Å². The highest BCUT2D eigenvalue weighted by Gasteiger charge is 2.51. The summed E-state index contributed by atoms with van der Waals surface area (Å²) in [6.07, 6.45) is -1.91. The molecular weight excluding hydrogens is 210 g/mol. The summed E-state index contributed by atoms with van der Waals surface area (Å²) >= 11 is 0. The zero-order valence-electron chi connectivity index (χ0n) is 9.94. The normalized spacial score (nSPS) is 28.3. The van der Waals surface area contributed by atoms with E-state index in [1.807, 2.05) is 0 Å². The fourth-order valence-corrected chi connectivity index (χ4v) is 2.09. The van der Waals surface area contributed by atoms with Crippen molar-refractivity contribution >= 4 is 8.32 Å². The molecule has 1 heterocycles. The van der Waals surface area contributed by atoms with Gasteiger partial charge in [-0.3, -0.25) is 0 Å². The molecule has 0 aliphatic carbocycles. The van der Waals surface area contributed by atoms with E-state index in [-0.39, 0.29) is 11.3 Å². The van der Waals surface area contributed by atoms with E-state index in [1.165, 1.54) is 0 Å². The lowest BCUT2D eigenvalue weighted by atomic mass is 10.2. The topological polar surface area (TPSA) is 65.8 Å². The molecule has 86 valence electrons. The Morgan fingerprint density at radius 3 is 2.40 bits per heavy atom. The van der Waals surface area contributed by atoms with E-state index in [1.54, 1.807) is 6.07 Å². The summed E-state index contributed by atoms with van der Waals surface area (Å²) in [4.78, 5) is 0. The van der Waals surface area contributed by atoms with Crippen molar-refractivity contribution in [3.05, 3.63) is 0 Å². The summed E-state index contributed by atoms with van der Waals surface area (Å²) in [6.45, 7) is 10.6. The summed E-state index contributed by atoms with van der Waals surface area (Å²) < 4.78 is 11.0. The van der Waals surface area contributed by atoms with Gasteiger partial charge in [-0.15, -0.1) is 0 Å². The quantitative estimate of drug-likeness (QED) is 0.453. The SMILES string of the molecule is CC(C)(C)[Si](C)(C)O[C@H]1O[C@@H]1C(O)C#N. The molecule has 0 spiro atoms. The molecule has 0 aromatic carbocycles. The van der Waals surface area contributed by atoms with Crippen LogP contribution in [0.2, 0.25) is 18.1 Å². The van der Waals surface area contributed by atoms with Gasteiger partial charge in [-0.1, -0.05) is 20.8 Å². The number of rotatable bonds is 3. The smallest absolute Gasteiger partial charge is 0.195 e. The molecule has 0 radical (unpaired) electrons. The van der Waals surface area contributed by atoms with Gasteiger partial charge in [-0.05, 0) is 18.1 Å². The number of aliphatic hydroxyl groups is 1. The maximum absolute atomic E-state index is 9.22. The Morgan fingerprint density at radius 2 is 2.00 bits per heavy atom. The molecule has 0 bridgehead atoms. The Bertz CT molecular complexity index is 279. The molecule has 0 aromatic heterocycles. The van der Waals surface area contributed by atoms with Crippen LogP contribution < -0.4 is 0 Å². The van der Waals surface area contributed by atoms with Crippen molar-refractivity contribution in [1.29, 1.82) is 5.26 Å². The van der Waals surface area contributed by atoms with Crippen LogP contribution in [0, 0.1) is 11.3 Å². The molecule has 0 amide bonds. The minimum atomic E-state index is -1.85. The number of nitrogens with zero attached hydrogens (tertiary/aromatic N) is 1. The van der Waals surface area contributed by atoms with Gasteiger partial charge >= 0.3 is 0 Å². The Morgan fingerprint density at radius 1 is 1.47 bits per heavy atom. The van der Waals surface area contributed by atoms with Crippen LogP contribution in [0.3, 0.4) is 0 Å². The summed E-state index contributed by atoms with van der Waals surface area (Å²) in [5.74, 6) is 0. The Hall–Kier alpha value is -0.413. The molecule has 1 unspecified atom stereocenters. The van der Waals surface area contributed by atoms with Crippen LogP contribution in [0.15, 0.2) is 0 Å². The van der Waals surface area contributed by atoms with Gasteiger partial charge in [0.25, 0.3) is 0 Å². The van der Waals surface area contributed by atoms with E-state index >= 15 is 0 Å². The summed E-state index contributed by atoms with van der Waals surface area (Å²) in [7, 11) is -1.85. The summed E-state index contributed by atoms with van der Waals surface area (Å²) in [5, 5.41) is 17.8. The summed E-state index contributed by atoms with van der Waals surface area (Å²) in [5.41, 5.74) is 0. The van der Waals surface area contributed by atoms with Crippen LogP contribution in [0.25, 0.3) is 0 Å². The first-order chi connectivity index (χ1) is 6.69. The lowest BCUT2D eigenvalue weighted by Crippen LogP contribution is -2.42. The number of ether oxygens (including phenoxy) is 1. The van der Waals surface area contributed by atoms with Crippen LogP contribution in [-0.2, 0) is 9.16 Å². The van der Waals surface area contributed by atoms with Crippen LogP contribution in [0.1, 0.15) is 20.8 Å². The third kappa shape index (κ3) is 2.79. The predicted octanol–water partition coefficient (Wildman–Crippen LogP) is 1.62. The minimum absolute atomic E-state index is 0.112. The number of aliphatic hydroxyl groups excluding tert-OH is 1.